The Hall–Kier alpha value is -4.32. The molecule has 1 amide bonds. The molecule has 14 nitrogen and oxygen atoms in total. The van der Waals surface area contributed by atoms with Crippen molar-refractivity contribution in [3.05, 3.63) is 51.8 Å². The second kappa shape index (κ2) is 9.22. The van der Waals surface area contributed by atoms with Crippen LogP contribution in [-0.2, 0) is 25.7 Å². The highest BCUT2D eigenvalue weighted by Gasteiger charge is 2.51. The van der Waals surface area contributed by atoms with Gasteiger partial charge < -0.3 is 15.6 Å². The van der Waals surface area contributed by atoms with E-state index in [9.17, 15) is 30.0 Å². The molecule has 0 spiro atoms. The normalized spacial score (nSPS) is 19.0. The second-order valence-corrected chi connectivity index (χ2v) is 7.19. The number of nitro benzene ring substituents is 1. The summed E-state index contributed by atoms with van der Waals surface area (Å²) in [7, 11) is 0. The Morgan fingerprint density at radius 3 is 2.56 bits per heavy atom. The van der Waals surface area contributed by atoms with Crippen LogP contribution in [0.4, 0.5) is 5.69 Å². The van der Waals surface area contributed by atoms with Crippen LogP contribution in [0, 0.1) is 22.0 Å². The maximum Gasteiger partial charge on any atom is 0.441 e. The van der Waals surface area contributed by atoms with Crippen molar-refractivity contribution in [3.63, 3.8) is 0 Å². The molecule has 2 aromatic rings. The molecule has 0 radical (unpaired) electrons. The second-order valence-electron chi connectivity index (χ2n) is 7.19. The van der Waals surface area contributed by atoms with Gasteiger partial charge in [-0.05, 0) is 35.0 Å². The Balaban J connectivity index is 1.64. The number of ether oxygens (including phenoxy) is 1. The van der Waals surface area contributed by atoms with Gasteiger partial charge in [0.1, 0.15) is 12.9 Å². The maximum atomic E-state index is 12.8. The molecule has 2 heterocycles. The third-order valence-electron chi connectivity index (χ3n) is 5.30. The lowest BCUT2D eigenvalue weighted by Crippen LogP contribution is -2.65. The third kappa shape index (κ3) is 4.39. The monoisotopic (exact) mass is 442 g/mol. The minimum Gasteiger partial charge on any atom is -0.452 e. The van der Waals surface area contributed by atoms with Gasteiger partial charge in [-0.1, -0.05) is 6.92 Å². The number of esters is 1. The number of hydrogen-bond acceptors (Lipinski definition) is 9. The molecule has 4 atom stereocenters. The number of nitrogens with one attached hydrogen (secondary N) is 1. The van der Waals surface area contributed by atoms with Gasteiger partial charge >= 0.3 is 11.7 Å². The van der Waals surface area contributed by atoms with Gasteiger partial charge in [-0.3, -0.25) is 19.7 Å². The number of nitro groups is 1. The van der Waals surface area contributed by atoms with E-state index < -0.39 is 46.3 Å². The number of aromatic nitrogens is 4. The zero-order valence-electron chi connectivity index (χ0n) is 17.0. The standard InChI is InChI=1S/C18H18N8O6/c1-9(14-13(17(28)21-14)10(2)25-8-20-23-24-25)16(27)15(22-19)18(29)32-7-11-3-5-12(6-4-11)26(30)31/h3-6,8-10,13-14H,7H2,1-2H3,(H,21,28)/t9-,10-,13-,14-/m1/s1. The van der Waals surface area contributed by atoms with E-state index >= 15 is 0 Å². The van der Waals surface area contributed by atoms with Crippen molar-refractivity contribution in [2.45, 2.75) is 32.5 Å². The van der Waals surface area contributed by atoms with Gasteiger partial charge in [0, 0.05) is 18.1 Å². The predicted molar refractivity (Wildman–Crippen MR) is 104 cm³/mol. The summed E-state index contributed by atoms with van der Waals surface area (Å²) < 4.78 is 6.38. The largest absolute Gasteiger partial charge is 0.452 e. The van der Waals surface area contributed by atoms with Crippen LogP contribution in [0.3, 0.4) is 0 Å². The zero-order valence-corrected chi connectivity index (χ0v) is 17.0. The van der Waals surface area contributed by atoms with Crippen LogP contribution in [0.25, 0.3) is 5.53 Å². The average Bonchev–Trinajstić information content (AvgIpc) is 3.31. The Morgan fingerprint density at radius 1 is 1.34 bits per heavy atom. The van der Waals surface area contributed by atoms with E-state index in [2.05, 4.69) is 25.6 Å². The topological polar surface area (TPSA) is 196 Å². The van der Waals surface area contributed by atoms with E-state index in [-0.39, 0.29) is 18.2 Å². The van der Waals surface area contributed by atoms with E-state index in [0.29, 0.717) is 5.56 Å². The molecule has 14 heteroatoms. The van der Waals surface area contributed by atoms with E-state index in [1.54, 1.807) is 6.92 Å². The van der Waals surface area contributed by atoms with Crippen molar-refractivity contribution in [2.75, 3.05) is 0 Å². The molecule has 0 aliphatic carbocycles. The molecule has 32 heavy (non-hydrogen) atoms. The van der Waals surface area contributed by atoms with Gasteiger partial charge in [-0.15, -0.1) is 5.10 Å². The minimum atomic E-state index is -1.17. The van der Waals surface area contributed by atoms with Gasteiger partial charge in [-0.2, -0.15) is 4.79 Å². The molecule has 1 aliphatic heterocycles. The maximum absolute atomic E-state index is 12.8. The van der Waals surface area contributed by atoms with Crippen LogP contribution < -0.4 is 5.32 Å². The first-order valence-electron chi connectivity index (χ1n) is 9.44. The molecule has 0 saturated carbocycles. The third-order valence-corrected chi connectivity index (χ3v) is 5.30. The number of benzene rings is 1. The molecule has 1 N–H and O–H groups in total. The van der Waals surface area contributed by atoms with Gasteiger partial charge in [0.15, 0.2) is 0 Å². The van der Waals surface area contributed by atoms with Gasteiger partial charge in [0.05, 0.1) is 22.9 Å². The average molecular weight is 442 g/mol. The lowest BCUT2D eigenvalue weighted by atomic mass is 9.75. The van der Waals surface area contributed by atoms with Crippen LogP contribution in [-0.4, -0.2) is 59.3 Å². The molecule has 0 bridgehead atoms. The van der Waals surface area contributed by atoms with E-state index in [4.69, 9.17) is 4.74 Å². The van der Waals surface area contributed by atoms with Crippen LogP contribution in [0.5, 0.6) is 0 Å². The van der Waals surface area contributed by atoms with Gasteiger partial charge in [0.2, 0.25) is 5.91 Å². The first kappa shape index (κ1) is 22.4. The van der Waals surface area contributed by atoms with Crippen molar-refractivity contribution in [2.24, 2.45) is 11.8 Å². The summed E-state index contributed by atoms with van der Waals surface area (Å²) in [5.74, 6) is -3.84. The number of carbonyl (C=O) groups excluding carboxylic acids is 3. The highest BCUT2D eigenvalue weighted by Crippen LogP contribution is 2.32. The molecule has 1 aromatic heterocycles. The molecule has 1 aromatic carbocycles. The number of carbonyl (C=O) groups is 3. The SMILES string of the molecule is C[C@H]([C@H]1C(=O)N[C@@H]1[C@@H](C)C(=O)C(=[N+]=[N-])C(=O)OCc1ccc([N+](=O)[O-])cc1)n1cnnn1. The number of hydrogen-bond donors (Lipinski definition) is 1. The van der Waals surface area contributed by atoms with E-state index in [1.807, 2.05) is 0 Å². The van der Waals surface area contributed by atoms with E-state index in [0.717, 1.165) is 0 Å². The van der Waals surface area contributed by atoms with Crippen molar-refractivity contribution in [1.82, 2.24) is 25.5 Å². The van der Waals surface area contributed by atoms with Crippen LogP contribution in [0.15, 0.2) is 30.6 Å². The molecule has 1 aliphatic rings. The molecule has 3 rings (SSSR count). The molecule has 1 fully saturated rings. The Labute approximate surface area is 180 Å². The summed E-state index contributed by atoms with van der Waals surface area (Å²) in [6.45, 7) is 2.90. The summed E-state index contributed by atoms with van der Waals surface area (Å²) >= 11 is 0. The number of β-lactam (4-membered cyclic amide) rings is 1. The van der Waals surface area contributed by atoms with Crippen LogP contribution in [0.1, 0.15) is 25.5 Å². The summed E-state index contributed by atoms with van der Waals surface area (Å²) in [4.78, 5) is 50.1. The van der Waals surface area contributed by atoms with Crippen LogP contribution >= 0.6 is 0 Å². The van der Waals surface area contributed by atoms with Gasteiger partial charge in [0.25, 0.3) is 11.5 Å². The quantitative estimate of drug-likeness (QED) is 0.0804. The predicted octanol–water partition coefficient (Wildman–Crippen LogP) is -0.124. The number of ketones is 1. The summed E-state index contributed by atoms with van der Waals surface area (Å²) in [6.07, 6.45) is 1.34. The van der Waals surface area contributed by atoms with E-state index in [1.165, 1.54) is 42.2 Å². The molecule has 0 unspecified atom stereocenters. The fourth-order valence-electron chi connectivity index (χ4n) is 3.39. The van der Waals surface area contributed by atoms with Crippen molar-refractivity contribution in [3.8, 4) is 0 Å². The fourth-order valence-corrected chi connectivity index (χ4v) is 3.39. The number of Topliss-reactive ketones (excluding diaryl/α,β-unsaturated/α-hetero) is 1. The molecular weight excluding hydrogens is 424 g/mol. The summed E-state index contributed by atoms with van der Waals surface area (Å²) in [6, 6.07) is 4.16. The minimum absolute atomic E-state index is 0.130. The Bertz CT molecular complexity index is 1090. The zero-order chi connectivity index (χ0) is 23.4. The first-order chi connectivity index (χ1) is 15.2. The highest BCUT2D eigenvalue weighted by molar-refractivity contribution is 6.62. The number of nitrogens with zero attached hydrogens (tertiary/aromatic N) is 7. The van der Waals surface area contributed by atoms with Crippen molar-refractivity contribution >= 4 is 29.1 Å². The van der Waals surface area contributed by atoms with Crippen LogP contribution in [0.2, 0.25) is 0 Å². The number of tetrazole rings is 1. The first-order valence-corrected chi connectivity index (χ1v) is 9.44. The van der Waals surface area contributed by atoms with Crippen molar-refractivity contribution < 1.29 is 28.8 Å². The van der Waals surface area contributed by atoms with Crippen molar-refractivity contribution in [1.29, 1.82) is 0 Å². The van der Waals surface area contributed by atoms with Gasteiger partial charge in [-0.25, -0.2) is 9.48 Å². The molecular formula is C18H18N8O6. The Morgan fingerprint density at radius 2 is 2.03 bits per heavy atom. The molecule has 166 valence electrons. The lowest BCUT2D eigenvalue weighted by Gasteiger charge is -2.42. The number of rotatable bonds is 9. The smallest absolute Gasteiger partial charge is 0.441 e. The molecule has 1 saturated heterocycles. The lowest BCUT2D eigenvalue weighted by molar-refractivity contribution is -0.384. The Kier molecular flexibility index (Phi) is 6.45. The fraction of sp³-hybridized carbons (Fsp3) is 0.389. The summed E-state index contributed by atoms with van der Waals surface area (Å²) in [5, 5.41) is 24.1. The highest BCUT2D eigenvalue weighted by atomic mass is 16.6. The number of non-ortho nitro benzene ring substituents is 1. The summed E-state index contributed by atoms with van der Waals surface area (Å²) in [5.41, 5.74) is 8.71. The number of amides is 1.